The number of aromatic amines is 1. The summed E-state index contributed by atoms with van der Waals surface area (Å²) in [7, 11) is 0. The van der Waals surface area contributed by atoms with Crippen LogP contribution >= 0.6 is 0 Å². The molecule has 0 fully saturated rings. The quantitative estimate of drug-likeness (QED) is 0.287. The number of hydrogen-bond donors (Lipinski definition) is 3. The fourth-order valence-corrected chi connectivity index (χ4v) is 4.67. The second-order valence-corrected chi connectivity index (χ2v) is 9.40. The number of rotatable bonds is 5. The number of aromatic nitrogens is 1. The number of carbonyl (C=O) groups excluding carboxylic acids is 1. The molecule has 1 aromatic heterocycles. The number of carbonyl (C=O) groups is 1. The number of anilines is 2. The first-order chi connectivity index (χ1) is 16.3. The number of nitrogen functional groups attached to an aromatic ring is 1. The Morgan fingerprint density at radius 3 is 2.65 bits per heavy atom. The molecule has 0 amide bonds. The highest BCUT2D eigenvalue weighted by molar-refractivity contribution is 6.00. The lowest BCUT2D eigenvalue weighted by Gasteiger charge is -2.27. The molecular weight excluding hydrogens is 424 g/mol. The average Bonchev–Trinajstić information content (AvgIpc) is 3.42. The van der Waals surface area contributed by atoms with Gasteiger partial charge in [0.2, 0.25) is 0 Å². The number of nitrogens with zero attached hydrogens (tertiary/aromatic N) is 1. The molecule has 4 N–H and O–H groups in total. The van der Waals surface area contributed by atoms with Crippen molar-refractivity contribution in [2.24, 2.45) is 0 Å². The van der Waals surface area contributed by atoms with E-state index in [9.17, 15) is 4.79 Å². The number of H-pyrrole nitrogens is 1. The monoisotopic (exact) mass is 450 g/mol. The van der Waals surface area contributed by atoms with Gasteiger partial charge in [-0.25, -0.2) is 4.79 Å². The maximum absolute atomic E-state index is 12.9. The van der Waals surface area contributed by atoms with E-state index in [2.05, 4.69) is 16.4 Å². The second-order valence-electron chi connectivity index (χ2n) is 9.40. The third-order valence-corrected chi connectivity index (χ3v) is 6.28. The van der Waals surface area contributed by atoms with Gasteiger partial charge in [0.25, 0.3) is 0 Å². The third kappa shape index (κ3) is 4.08. The number of nitrogens with one attached hydrogen (secondary N) is 2. The Labute approximate surface area is 198 Å². The molecule has 6 nitrogen and oxygen atoms in total. The van der Waals surface area contributed by atoms with Gasteiger partial charge in [-0.15, -0.1) is 0 Å². The van der Waals surface area contributed by atoms with Crippen LogP contribution in [0.1, 0.15) is 30.7 Å². The van der Waals surface area contributed by atoms with Gasteiger partial charge >= 0.3 is 5.97 Å². The summed E-state index contributed by atoms with van der Waals surface area (Å²) in [5, 5.41) is 14.4. The van der Waals surface area contributed by atoms with Gasteiger partial charge in [-0.05, 0) is 60.9 Å². The Balaban J connectivity index is 1.37. The van der Waals surface area contributed by atoms with Crippen LogP contribution < -0.4 is 11.1 Å². The van der Waals surface area contributed by atoms with Crippen molar-refractivity contribution in [1.82, 2.24) is 4.98 Å². The van der Waals surface area contributed by atoms with Gasteiger partial charge in [0.1, 0.15) is 11.6 Å². The Kier molecular flexibility index (Phi) is 5.25. The van der Waals surface area contributed by atoms with Crippen LogP contribution in [0, 0.1) is 11.3 Å². The zero-order chi connectivity index (χ0) is 23.9. The molecule has 1 unspecified atom stereocenters. The van der Waals surface area contributed by atoms with Crippen molar-refractivity contribution in [2.75, 3.05) is 11.1 Å². The number of para-hydroxylation sites is 1. The summed E-state index contributed by atoms with van der Waals surface area (Å²) in [6.07, 6.45) is 3.10. The summed E-state index contributed by atoms with van der Waals surface area (Å²) in [6.45, 7) is 3.85. The van der Waals surface area contributed by atoms with Gasteiger partial charge in [-0.1, -0.05) is 30.3 Å². The number of nitriles is 1. The third-order valence-electron chi connectivity index (χ3n) is 6.28. The van der Waals surface area contributed by atoms with E-state index in [0.717, 1.165) is 38.8 Å². The van der Waals surface area contributed by atoms with E-state index in [4.69, 9.17) is 15.7 Å². The van der Waals surface area contributed by atoms with E-state index in [1.807, 2.05) is 68.6 Å². The van der Waals surface area contributed by atoms with Crippen LogP contribution in [0.3, 0.4) is 0 Å². The molecule has 34 heavy (non-hydrogen) atoms. The molecule has 0 saturated heterocycles. The first-order valence-corrected chi connectivity index (χ1v) is 11.3. The predicted octanol–water partition coefficient (Wildman–Crippen LogP) is 5.19. The molecule has 1 aliphatic heterocycles. The number of hydrogen-bond acceptors (Lipinski definition) is 5. The van der Waals surface area contributed by atoms with Crippen molar-refractivity contribution in [3.05, 3.63) is 83.7 Å². The van der Waals surface area contributed by atoms with Crippen molar-refractivity contribution in [2.45, 2.75) is 38.3 Å². The number of benzene rings is 3. The van der Waals surface area contributed by atoms with E-state index >= 15 is 0 Å². The Morgan fingerprint density at radius 2 is 1.91 bits per heavy atom. The Morgan fingerprint density at radius 1 is 1.15 bits per heavy atom. The van der Waals surface area contributed by atoms with E-state index in [1.165, 1.54) is 0 Å². The first-order valence-electron chi connectivity index (χ1n) is 11.3. The van der Waals surface area contributed by atoms with Gasteiger partial charge in [-0.3, -0.25) is 0 Å². The molecule has 6 heteroatoms. The van der Waals surface area contributed by atoms with Crippen LogP contribution in [0.2, 0.25) is 0 Å². The SMILES string of the molecule is CC(C)(Cc1[nH]cc2c(-c3ccc(C#N)cc3)cc(N)cc12)OC(=O)C1Cc2ccccc2N1. The van der Waals surface area contributed by atoms with Crippen LogP contribution in [0.25, 0.3) is 21.9 Å². The minimum Gasteiger partial charge on any atom is -0.458 e. The highest BCUT2D eigenvalue weighted by Gasteiger charge is 2.33. The molecule has 0 saturated carbocycles. The molecule has 0 spiro atoms. The van der Waals surface area contributed by atoms with Crippen molar-refractivity contribution in [1.29, 1.82) is 5.26 Å². The summed E-state index contributed by atoms with van der Waals surface area (Å²) in [6, 6.07) is 21.1. The largest absolute Gasteiger partial charge is 0.458 e. The summed E-state index contributed by atoms with van der Waals surface area (Å²) in [5.41, 5.74) is 11.8. The molecular formula is C28H26N4O2. The lowest BCUT2D eigenvalue weighted by molar-refractivity contribution is -0.157. The summed E-state index contributed by atoms with van der Waals surface area (Å²) < 4.78 is 5.96. The lowest BCUT2D eigenvalue weighted by atomic mass is 9.95. The number of fused-ring (bicyclic) bond motifs is 2. The van der Waals surface area contributed by atoms with Crippen molar-refractivity contribution < 1.29 is 9.53 Å². The normalized spacial score (nSPS) is 14.9. The lowest BCUT2D eigenvalue weighted by Crippen LogP contribution is -2.38. The Bertz CT molecular complexity index is 1400. The average molecular weight is 451 g/mol. The molecule has 0 bridgehead atoms. The van der Waals surface area contributed by atoms with Gasteiger partial charge in [0.05, 0.1) is 11.6 Å². The molecule has 0 aliphatic carbocycles. The van der Waals surface area contributed by atoms with Crippen LogP contribution in [-0.2, 0) is 22.4 Å². The molecule has 1 atom stereocenters. The topological polar surface area (TPSA) is 104 Å². The maximum Gasteiger partial charge on any atom is 0.329 e. The maximum atomic E-state index is 12.9. The molecule has 3 aromatic carbocycles. The summed E-state index contributed by atoms with van der Waals surface area (Å²) >= 11 is 0. The number of nitrogens with two attached hydrogens (primary N) is 1. The minimum atomic E-state index is -0.718. The van der Waals surface area contributed by atoms with Crippen LogP contribution in [0.15, 0.2) is 66.9 Å². The molecule has 0 radical (unpaired) electrons. The second kappa shape index (κ2) is 8.27. The molecule has 2 heterocycles. The van der Waals surface area contributed by atoms with Gasteiger partial charge < -0.3 is 20.8 Å². The van der Waals surface area contributed by atoms with Crippen molar-refractivity contribution >= 4 is 28.1 Å². The van der Waals surface area contributed by atoms with Gasteiger partial charge in [0, 0.05) is 46.9 Å². The minimum absolute atomic E-state index is 0.255. The van der Waals surface area contributed by atoms with Gasteiger partial charge in [0.15, 0.2) is 0 Å². The molecule has 170 valence electrons. The van der Waals surface area contributed by atoms with Gasteiger partial charge in [-0.2, -0.15) is 5.26 Å². The van der Waals surface area contributed by atoms with Crippen molar-refractivity contribution in [3.8, 4) is 17.2 Å². The number of ether oxygens (including phenoxy) is 1. The van der Waals surface area contributed by atoms with E-state index in [1.54, 1.807) is 12.1 Å². The summed E-state index contributed by atoms with van der Waals surface area (Å²) in [4.78, 5) is 16.3. The van der Waals surface area contributed by atoms with Crippen LogP contribution in [-0.4, -0.2) is 22.6 Å². The smallest absolute Gasteiger partial charge is 0.329 e. The highest BCUT2D eigenvalue weighted by Crippen LogP contribution is 2.35. The zero-order valence-corrected chi connectivity index (χ0v) is 19.2. The fraction of sp³-hybridized carbons (Fsp3) is 0.214. The number of esters is 1. The predicted molar refractivity (Wildman–Crippen MR) is 134 cm³/mol. The standard InChI is InChI=1S/C28H26N4O2/c1-28(2,34-27(33)25-11-19-5-3-4-6-24(19)32-25)14-26-22-13-20(30)12-21(23(22)16-31-26)18-9-7-17(15-29)8-10-18/h3-10,12-13,16,25,31-32H,11,14,30H2,1-2H3. The van der Waals surface area contributed by atoms with E-state index in [-0.39, 0.29) is 12.0 Å². The molecule has 1 aliphatic rings. The molecule has 5 rings (SSSR count). The van der Waals surface area contributed by atoms with Crippen LogP contribution in [0.5, 0.6) is 0 Å². The highest BCUT2D eigenvalue weighted by atomic mass is 16.6. The fourth-order valence-electron chi connectivity index (χ4n) is 4.67. The summed E-state index contributed by atoms with van der Waals surface area (Å²) in [5.74, 6) is -0.255. The van der Waals surface area contributed by atoms with Crippen LogP contribution in [0.4, 0.5) is 11.4 Å². The van der Waals surface area contributed by atoms with E-state index in [0.29, 0.717) is 24.1 Å². The van der Waals surface area contributed by atoms with E-state index < -0.39 is 5.60 Å². The molecule has 4 aromatic rings. The Hall–Kier alpha value is -4.24. The van der Waals surface area contributed by atoms with Crippen molar-refractivity contribution in [3.63, 3.8) is 0 Å². The first kappa shape index (κ1) is 21.6. The zero-order valence-electron chi connectivity index (χ0n) is 19.2.